The van der Waals surface area contributed by atoms with Crippen LogP contribution in [0.2, 0.25) is 0 Å². The van der Waals surface area contributed by atoms with Gasteiger partial charge in [-0.1, -0.05) is 23.8 Å². The SMILES string of the molecule is Cc1ccc(-n2nccn2)c(C(=O)N2CCC(C)N(c3nc4ccccc4o3)CC2)c1. The molecule has 0 N–H and O–H groups in total. The van der Waals surface area contributed by atoms with Crippen LogP contribution in [0, 0.1) is 6.92 Å². The average molecular weight is 416 g/mol. The van der Waals surface area contributed by atoms with Crippen molar-refractivity contribution in [1.82, 2.24) is 24.9 Å². The maximum atomic E-state index is 13.5. The summed E-state index contributed by atoms with van der Waals surface area (Å²) in [7, 11) is 0. The molecule has 0 saturated carbocycles. The zero-order chi connectivity index (χ0) is 21.4. The van der Waals surface area contributed by atoms with Gasteiger partial charge < -0.3 is 14.2 Å². The Morgan fingerprint density at radius 1 is 1.06 bits per heavy atom. The van der Waals surface area contributed by atoms with Crippen LogP contribution >= 0.6 is 0 Å². The summed E-state index contributed by atoms with van der Waals surface area (Å²) in [6.45, 7) is 6.03. The first-order chi connectivity index (χ1) is 15.1. The molecule has 1 atom stereocenters. The average Bonchev–Trinajstić information content (AvgIpc) is 3.41. The minimum atomic E-state index is -0.0115. The van der Waals surface area contributed by atoms with Gasteiger partial charge in [0, 0.05) is 25.7 Å². The normalized spacial score (nSPS) is 17.2. The summed E-state index contributed by atoms with van der Waals surface area (Å²) < 4.78 is 5.99. The van der Waals surface area contributed by atoms with Crippen LogP contribution < -0.4 is 4.90 Å². The Balaban J connectivity index is 1.40. The van der Waals surface area contributed by atoms with Gasteiger partial charge in [0.1, 0.15) is 5.52 Å². The van der Waals surface area contributed by atoms with Crippen molar-refractivity contribution in [3.8, 4) is 5.69 Å². The van der Waals surface area contributed by atoms with Crippen molar-refractivity contribution in [1.29, 1.82) is 0 Å². The molecule has 2 aromatic heterocycles. The van der Waals surface area contributed by atoms with Gasteiger partial charge in [-0.15, -0.1) is 0 Å². The lowest BCUT2D eigenvalue weighted by atomic mass is 10.1. The number of carbonyl (C=O) groups is 1. The van der Waals surface area contributed by atoms with Crippen LogP contribution in [0.3, 0.4) is 0 Å². The van der Waals surface area contributed by atoms with Gasteiger partial charge in [-0.05, 0) is 44.5 Å². The van der Waals surface area contributed by atoms with E-state index in [4.69, 9.17) is 4.42 Å². The second-order valence-electron chi connectivity index (χ2n) is 7.93. The molecule has 1 unspecified atom stereocenters. The van der Waals surface area contributed by atoms with Gasteiger partial charge in [0.15, 0.2) is 5.58 Å². The molecular weight excluding hydrogens is 392 g/mol. The molecule has 8 heteroatoms. The Labute approximate surface area is 180 Å². The first kappa shape index (κ1) is 19.3. The van der Waals surface area contributed by atoms with Crippen molar-refractivity contribution in [3.05, 3.63) is 66.0 Å². The molecule has 158 valence electrons. The minimum Gasteiger partial charge on any atom is -0.423 e. The number of anilines is 1. The van der Waals surface area contributed by atoms with Crippen molar-refractivity contribution < 1.29 is 9.21 Å². The summed E-state index contributed by atoms with van der Waals surface area (Å²) in [5, 5.41) is 8.43. The predicted octanol–water partition coefficient (Wildman–Crippen LogP) is 3.46. The molecule has 5 rings (SSSR count). The van der Waals surface area contributed by atoms with Crippen molar-refractivity contribution in [3.63, 3.8) is 0 Å². The molecule has 3 heterocycles. The highest BCUT2D eigenvalue weighted by atomic mass is 16.4. The van der Waals surface area contributed by atoms with Crippen LogP contribution in [0.15, 0.2) is 59.3 Å². The molecule has 2 aromatic carbocycles. The van der Waals surface area contributed by atoms with Crippen LogP contribution in [-0.2, 0) is 0 Å². The number of amides is 1. The number of aromatic nitrogens is 4. The minimum absolute atomic E-state index is 0.0115. The van der Waals surface area contributed by atoms with E-state index in [0.29, 0.717) is 36.9 Å². The maximum Gasteiger partial charge on any atom is 0.298 e. The molecule has 1 aliphatic rings. The third-order valence-electron chi connectivity index (χ3n) is 5.79. The molecule has 1 saturated heterocycles. The fourth-order valence-electron chi connectivity index (χ4n) is 4.04. The van der Waals surface area contributed by atoms with E-state index in [2.05, 4.69) is 27.0 Å². The lowest BCUT2D eigenvalue weighted by Crippen LogP contribution is -2.37. The second-order valence-corrected chi connectivity index (χ2v) is 7.93. The predicted molar refractivity (Wildman–Crippen MR) is 117 cm³/mol. The third kappa shape index (κ3) is 3.65. The van der Waals surface area contributed by atoms with Gasteiger partial charge in [-0.25, -0.2) is 0 Å². The topological polar surface area (TPSA) is 80.3 Å². The van der Waals surface area contributed by atoms with Gasteiger partial charge >= 0.3 is 0 Å². The van der Waals surface area contributed by atoms with E-state index in [9.17, 15) is 4.79 Å². The summed E-state index contributed by atoms with van der Waals surface area (Å²) in [4.78, 5) is 23.7. The van der Waals surface area contributed by atoms with E-state index in [1.54, 1.807) is 12.4 Å². The Morgan fingerprint density at radius 2 is 1.87 bits per heavy atom. The Bertz CT molecular complexity index is 1180. The quantitative estimate of drug-likeness (QED) is 0.509. The fraction of sp³-hybridized carbons (Fsp3) is 0.304. The summed E-state index contributed by atoms with van der Waals surface area (Å²) in [6, 6.07) is 14.4. The van der Waals surface area contributed by atoms with Crippen molar-refractivity contribution in [2.24, 2.45) is 0 Å². The number of para-hydroxylation sites is 2. The highest BCUT2D eigenvalue weighted by molar-refractivity contribution is 5.98. The molecule has 0 spiro atoms. The standard InChI is InChI=1S/C23H24N6O2/c1-16-7-8-20(29-24-10-11-25-29)18(15-16)22(30)27-12-9-17(2)28(14-13-27)23-26-19-5-3-4-6-21(19)31-23/h3-8,10-11,15,17H,9,12-14H2,1-2H3. The molecular formula is C23H24N6O2. The Kier molecular flexibility index (Phi) is 4.89. The number of aryl methyl sites for hydroxylation is 1. The number of rotatable bonds is 3. The van der Waals surface area contributed by atoms with Gasteiger partial charge in [0.25, 0.3) is 11.9 Å². The lowest BCUT2D eigenvalue weighted by Gasteiger charge is -2.24. The Hall–Kier alpha value is -3.68. The number of nitrogens with zero attached hydrogens (tertiary/aromatic N) is 6. The molecule has 1 aliphatic heterocycles. The number of benzene rings is 2. The van der Waals surface area contributed by atoms with Gasteiger partial charge in [-0.2, -0.15) is 20.0 Å². The van der Waals surface area contributed by atoms with Gasteiger partial charge in [0.2, 0.25) is 0 Å². The van der Waals surface area contributed by atoms with E-state index in [1.165, 1.54) is 4.80 Å². The largest absolute Gasteiger partial charge is 0.423 e. The van der Waals surface area contributed by atoms with Crippen LogP contribution in [-0.4, -0.2) is 56.5 Å². The van der Waals surface area contributed by atoms with Crippen molar-refractivity contribution in [2.45, 2.75) is 26.3 Å². The van der Waals surface area contributed by atoms with Gasteiger partial charge in [-0.3, -0.25) is 4.79 Å². The zero-order valence-electron chi connectivity index (χ0n) is 17.6. The van der Waals surface area contributed by atoms with Crippen LogP contribution in [0.1, 0.15) is 29.3 Å². The maximum absolute atomic E-state index is 13.5. The van der Waals surface area contributed by atoms with Gasteiger partial charge in [0.05, 0.1) is 23.6 Å². The van der Waals surface area contributed by atoms with Crippen LogP contribution in [0.25, 0.3) is 16.8 Å². The second kappa shape index (κ2) is 7.86. The molecule has 8 nitrogen and oxygen atoms in total. The first-order valence-corrected chi connectivity index (χ1v) is 10.5. The summed E-state index contributed by atoms with van der Waals surface area (Å²) >= 11 is 0. The monoisotopic (exact) mass is 416 g/mol. The Morgan fingerprint density at radius 3 is 2.68 bits per heavy atom. The summed E-state index contributed by atoms with van der Waals surface area (Å²) in [5.74, 6) is -0.0115. The van der Waals surface area contributed by atoms with E-state index in [1.807, 2.05) is 54.3 Å². The molecule has 4 aromatic rings. The molecule has 31 heavy (non-hydrogen) atoms. The molecule has 1 fully saturated rings. The number of carbonyl (C=O) groups excluding carboxylic acids is 1. The van der Waals surface area contributed by atoms with Crippen molar-refractivity contribution >= 4 is 23.0 Å². The molecule has 0 aliphatic carbocycles. The smallest absolute Gasteiger partial charge is 0.298 e. The van der Waals surface area contributed by atoms with E-state index >= 15 is 0 Å². The highest BCUT2D eigenvalue weighted by Crippen LogP contribution is 2.26. The lowest BCUT2D eigenvalue weighted by molar-refractivity contribution is 0.0765. The number of fused-ring (bicyclic) bond motifs is 1. The summed E-state index contributed by atoms with van der Waals surface area (Å²) in [5.41, 5.74) is 3.94. The van der Waals surface area contributed by atoms with Crippen LogP contribution in [0.4, 0.5) is 6.01 Å². The molecule has 1 amide bonds. The molecule has 0 bridgehead atoms. The van der Waals surface area contributed by atoms with E-state index in [0.717, 1.165) is 23.1 Å². The fourth-order valence-corrected chi connectivity index (χ4v) is 4.04. The number of hydrogen-bond donors (Lipinski definition) is 0. The van der Waals surface area contributed by atoms with Crippen LogP contribution in [0.5, 0.6) is 0 Å². The first-order valence-electron chi connectivity index (χ1n) is 10.5. The van der Waals surface area contributed by atoms with E-state index in [-0.39, 0.29) is 11.9 Å². The van der Waals surface area contributed by atoms with Crippen molar-refractivity contribution in [2.75, 3.05) is 24.5 Å². The number of oxazole rings is 1. The zero-order valence-corrected chi connectivity index (χ0v) is 17.6. The number of hydrogen-bond acceptors (Lipinski definition) is 6. The van der Waals surface area contributed by atoms with E-state index < -0.39 is 0 Å². The molecule has 0 radical (unpaired) electrons. The third-order valence-corrected chi connectivity index (χ3v) is 5.79. The summed E-state index contributed by atoms with van der Waals surface area (Å²) in [6.07, 6.45) is 4.05. The highest BCUT2D eigenvalue weighted by Gasteiger charge is 2.28.